The van der Waals surface area contributed by atoms with Gasteiger partial charge in [0.05, 0.1) is 6.42 Å². The highest BCUT2D eigenvalue weighted by Gasteiger charge is 1.88. The molecule has 0 radical (unpaired) electrons. The lowest BCUT2D eigenvalue weighted by atomic mass is 10.1. The van der Waals surface area contributed by atoms with Crippen molar-refractivity contribution in [3.8, 4) is 0 Å². The molecule has 2 heteroatoms. The molecule has 0 aliphatic carbocycles. The number of hydrogen-bond acceptors (Lipinski definition) is 1. The van der Waals surface area contributed by atoms with Gasteiger partial charge in [-0.25, -0.2) is 0 Å². The van der Waals surface area contributed by atoms with E-state index in [9.17, 15) is 4.79 Å². The van der Waals surface area contributed by atoms with Gasteiger partial charge in [0.15, 0.2) is 0 Å². The maximum Gasteiger partial charge on any atom is 0.307 e. The molecular formula is C16H26O2. The molecule has 0 saturated carbocycles. The first-order valence-electron chi connectivity index (χ1n) is 6.95. The van der Waals surface area contributed by atoms with Crippen LogP contribution in [0.25, 0.3) is 0 Å². The van der Waals surface area contributed by atoms with Crippen LogP contribution in [0.4, 0.5) is 0 Å². The van der Waals surface area contributed by atoms with Gasteiger partial charge in [0.2, 0.25) is 0 Å². The Hall–Kier alpha value is -1.31. The van der Waals surface area contributed by atoms with Gasteiger partial charge in [0, 0.05) is 0 Å². The molecule has 18 heavy (non-hydrogen) atoms. The summed E-state index contributed by atoms with van der Waals surface area (Å²) < 4.78 is 0. The van der Waals surface area contributed by atoms with Crippen LogP contribution >= 0.6 is 0 Å². The number of carboxylic acid groups (broad SMARTS) is 1. The predicted octanol–water partition coefficient (Wildman–Crippen LogP) is 4.88. The van der Waals surface area contributed by atoms with Crippen LogP contribution in [0.15, 0.2) is 36.5 Å². The summed E-state index contributed by atoms with van der Waals surface area (Å²) in [7, 11) is 0. The van der Waals surface area contributed by atoms with Crippen molar-refractivity contribution in [2.24, 2.45) is 0 Å². The van der Waals surface area contributed by atoms with Crippen LogP contribution in [-0.2, 0) is 4.79 Å². The third-order valence-corrected chi connectivity index (χ3v) is 2.57. The number of carboxylic acids is 1. The molecule has 0 aromatic heterocycles. The zero-order valence-electron chi connectivity index (χ0n) is 11.5. The van der Waals surface area contributed by atoms with Gasteiger partial charge in [-0.3, -0.25) is 4.79 Å². The van der Waals surface area contributed by atoms with Crippen LogP contribution in [0, 0.1) is 0 Å². The van der Waals surface area contributed by atoms with E-state index in [0.29, 0.717) is 0 Å². The largest absolute Gasteiger partial charge is 0.481 e. The fraction of sp³-hybridized carbons (Fsp3) is 0.562. The van der Waals surface area contributed by atoms with Crippen LogP contribution in [0.3, 0.4) is 0 Å². The van der Waals surface area contributed by atoms with Crippen molar-refractivity contribution >= 4 is 5.97 Å². The molecule has 0 aliphatic rings. The first-order chi connectivity index (χ1) is 8.77. The van der Waals surface area contributed by atoms with Gasteiger partial charge in [-0.1, -0.05) is 56.2 Å². The van der Waals surface area contributed by atoms with Crippen LogP contribution < -0.4 is 0 Å². The molecule has 0 fully saturated rings. The summed E-state index contributed by atoms with van der Waals surface area (Å²) in [5.41, 5.74) is 0. The van der Waals surface area contributed by atoms with Crippen molar-refractivity contribution in [2.75, 3.05) is 0 Å². The maximum absolute atomic E-state index is 10.2. The van der Waals surface area contributed by atoms with Crippen molar-refractivity contribution in [3.05, 3.63) is 36.5 Å². The first-order valence-corrected chi connectivity index (χ1v) is 6.95. The van der Waals surface area contributed by atoms with Gasteiger partial charge in [0.1, 0.15) is 0 Å². The Balaban J connectivity index is 3.24. The Morgan fingerprint density at radius 3 is 2.11 bits per heavy atom. The standard InChI is InChI=1S/C16H26O2/c1-2-3-4-5-6-7-8-9-10-11-12-13-14-15-16(17)18/h3-4,11-14H,2,5-10,15H2,1H3,(H,17,18). The van der Waals surface area contributed by atoms with E-state index in [2.05, 4.69) is 25.2 Å². The second kappa shape index (κ2) is 13.8. The van der Waals surface area contributed by atoms with Crippen molar-refractivity contribution in [1.82, 2.24) is 0 Å². The van der Waals surface area contributed by atoms with E-state index < -0.39 is 5.97 Å². The molecule has 0 saturated heterocycles. The summed E-state index contributed by atoms with van der Waals surface area (Å²) in [5.74, 6) is -0.781. The Bertz CT molecular complexity index is 275. The lowest BCUT2D eigenvalue weighted by Gasteiger charge is -1.96. The average molecular weight is 250 g/mol. The van der Waals surface area contributed by atoms with E-state index in [1.165, 1.54) is 32.1 Å². The SMILES string of the molecule is CCC=CCCCCCCC=CC=CCC(=O)O. The lowest BCUT2D eigenvalue weighted by Crippen LogP contribution is -1.89. The minimum Gasteiger partial charge on any atom is -0.481 e. The minimum atomic E-state index is -0.781. The van der Waals surface area contributed by atoms with Gasteiger partial charge in [-0.2, -0.15) is 0 Å². The Morgan fingerprint density at radius 2 is 1.50 bits per heavy atom. The number of unbranched alkanes of at least 4 members (excludes halogenated alkanes) is 5. The van der Waals surface area contributed by atoms with E-state index in [0.717, 1.165) is 12.8 Å². The number of carbonyl (C=O) groups is 1. The number of hydrogen-bond donors (Lipinski definition) is 1. The minimum absolute atomic E-state index is 0.107. The maximum atomic E-state index is 10.2. The summed E-state index contributed by atoms with van der Waals surface area (Å²) in [6.07, 6.45) is 20.7. The van der Waals surface area contributed by atoms with Crippen molar-refractivity contribution < 1.29 is 9.90 Å². The number of rotatable bonds is 11. The van der Waals surface area contributed by atoms with Crippen LogP contribution in [0.1, 0.15) is 58.3 Å². The fourth-order valence-corrected chi connectivity index (χ4v) is 1.58. The van der Waals surface area contributed by atoms with Crippen molar-refractivity contribution in [3.63, 3.8) is 0 Å². The number of allylic oxidation sites excluding steroid dienone is 5. The van der Waals surface area contributed by atoms with Gasteiger partial charge in [-0.15, -0.1) is 0 Å². The quantitative estimate of drug-likeness (QED) is 0.322. The Kier molecular flexibility index (Phi) is 12.8. The third kappa shape index (κ3) is 14.7. The molecule has 0 heterocycles. The average Bonchev–Trinajstić information content (AvgIpc) is 2.34. The van der Waals surface area contributed by atoms with Crippen LogP contribution in [-0.4, -0.2) is 11.1 Å². The fourth-order valence-electron chi connectivity index (χ4n) is 1.58. The summed E-state index contributed by atoms with van der Waals surface area (Å²) >= 11 is 0. The molecule has 0 bridgehead atoms. The second-order valence-corrected chi connectivity index (χ2v) is 4.33. The van der Waals surface area contributed by atoms with Gasteiger partial charge < -0.3 is 5.11 Å². The summed E-state index contributed by atoms with van der Waals surface area (Å²) in [5, 5.41) is 8.41. The highest BCUT2D eigenvalue weighted by molar-refractivity contribution is 5.68. The molecular weight excluding hydrogens is 224 g/mol. The number of aliphatic carboxylic acids is 1. The van der Waals surface area contributed by atoms with Crippen molar-refractivity contribution in [1.29, 1.82) is 0 Å². The second-order valence-electron chi connectivity index (χ2n) is 4.33. The van der Waals surface area contributed by atoms with E-state index in [-0.39, 0.29) is 6.42 Å². The normalized spacial score (nSPS) is 12.1. The molecule has 0 atom stereocenters. The van der Waals surface area contributed by atoms with Gasteiger partial charge >= 0.3 is 5.97 Å². The molecule has 0 rings (SSSR count). The van der Waals surface area contributed by atoms with E-state index in [1.54, 1.807) is 6.08 Å². The predicted molar refractivity (Wildman–Crippen MR) is 77.7 cm³/mol. The Morgan fingerprint density at radius 1 is 0.889 bits per heavy atom. The first kappa shape index (κ1) is 16.7. The van der Waals surface area contributed by atoms with E-state index in [1.807, 2.05) is 12.2 Å². The zero-order chi connectivity index (χ0) is 13.5. The zero-order valence-corrected chi connectivity index (χ0v) is 11.5. The highest BCUT2D eigenvalue weighted by atomic mass is 16.4. The monoisotopic (exact) mass is 250 g/mol. The van der Waals surface area contributed by atoms with Gasteiger partial charge in [-0.05, 0) is 32.1 Å². The highest BCUT2D eigenvalue weighted by Crippen LogP contribution is 2.06. The molecule has 0 aromatic carbocycles. The topological polar surface area (TPSA) is 37.3 Å². The van der Waals surface area contributed by atoms with Crippen LogP contribution in [0.2, 0.25) is 0 Å². The summed E-state index contributed by atoms with van der Waals surface area (Å²) in [4.78, 5) is 10.2. The molecule has 2 nitrogen and oxygen atoms in total. The third-order valence-electron chi connectivity index (χ3n) is 2.57. The molecule has 0 spiro atoms. The summed E-state index contributed by atoms with van der Waals surface area (Å²) in [6, 6.07) is 0. The van der Waals surface area contributed by atoms with Gasteiger partial charge in [0.25, 0.3) is 0 Å². The van der Waals surface area contributed by atoms with Crippen LogP contribution in [0.5, 0.6) is 0 Å². The molecule has 0 aliphatic heterocycles. The smallest absolute Gasteiger partial charge is 0.307 e. The van der Waals surface area contributed by atoms with Crippen molar-refractivity contribution in [2.45, 2.75) is 58.3 Å². The molecule has 0 unspecified atom stereocenters. The Labute approximate surface area is 111 Å². The molecule has 1 N–H and O–H groups in total. The molecule has 0 amide bonds. The summed E-state index contributed by atoms with van der Waals surface area (Å²) in [6.45, 7) is 2.16. The molecule has 102 valence electrons. The lowest BCUT2D eigenvalue weighted by molar-refractivity contribution is -0.135. The molecule has 0 aromatic rings. The van der Waals surface area contributed by atoms with E-state index >= 15 is 0 Å². The van der Waals surface area contributed by atoms with E-state index in [4.69, 9.17) is 5.11 Å².